The molecular formula is C16H21O+. The lowest BCUT2D eigenvalue weighted by atomic mass is 10.0. The molecule has 2 saturated heterocycles. The van der Waals surface area contributed by atoms with Crippen molar-refractivity contribution in [3.63, 3.8) is 0 Å². The molecule has 1 aromatic rings. The maximum atomic E-state index is 3.58. The van der Waals surface area contributed by atoms with Crippen molar-refractivity contribution in [1.82, 2.24) is 0 Å². The first-order chi connectivity index (χ1) is 8.40. The van der Waals surface area contributed by atoms with E-state index in [-0.39, 0.29) is 0 Å². The fourth-order valence-electron chi connectivity index (χ4n) is 3.23. The molecule has 0 aliphatic carbocycles. The van der Waals surface area contributed by atoms with Gasteiger partial charge >= 0.3 is 0 Å². The van der Waals surface area contributed by atoms with Crippen LogP contribution in [0, 0.1) is 0 Å². The molecule has 0 spiro atoms. The van der Waals surface area contributed by atoms with Gasteiger partial charge in [-0.05, 0) is 25.0 Å². The minimum absolute atomic E-state index is 0.632. The van der Waals surface area contributed by atoms with Crippen LogP contribution in [-0.4, -0.2) is 18.3 Å². The first-order valence-corrected chi connectivity index (χ1v) is 6.77. The van der Waals surface area contributed by atoms with Gasteiger partial charge in [0.25, 0.3) is 0 Å². The van der Waals surface area contributed by atoms with Crippen LogP contribution in [0.1, 0.15) is 31.7 Å². The SMILES string of the molecule is C/C=C/C1CCC[C@@H]2[C@@H](Cc3ccccc3)[O+]12. The van der Waals surface area contributed by atoms with Crippen molar-refractivity contribution < 1.29 is 4.37 Å². The van der Waals surface area contributed by atoms with Crippen molar-refractivity contribution in [1.29, 1.82) is 0 Å². The minimum Gasteiger partial charge on any atom is -0.400 e. The summed E-state index contributed by atoms with van der Waals surface area (Å²) in [6, 6.07) is 10.9. The van der Waals surface area contributed by atoms with E-state index in [1.807, 2.05) is 0 Å². The minimum atomic E-state index is 0.632. The van der Waals surface area contributed by atoms with Gasteiger partial charge in [-0.1, -0.05) is 36.4 Å². The molecule has 17 heavy (non-hydrogen) atoms. The molecule has 2 heterocycles. The smallest absolute Gasteiger partial charge is 0.233 e. The van der Waals surface area contributed by atoms with E-state index in [9.17, 15) is 0 Å². The number of allylic oxidation sites excluding steroid dienone is 1. The molecule has 0 amide bonds. The van der Waals surface area contributed by atoms with E-state index in [1.54, 1.807) is 0 Å². The third-order valence-electron chi connectivity index (χ3n) is 4.05. The monoisotopic (exact) mass is 229 g/mol. The Kier molecular flexibility index (Phi) is 3.02. The molecule has 1 aromatic carbocycles. The van der Waals surface area contributed by atoms with Gasteiger partial charge in [0.15, 0.2) is 6.10 Å². The summed E-state index contributed by atoms with van der Waals surface area (Å²) in [6.07, 6.45) is 11.9. The number of fused-ring (bicyclic) bond motifs is 1. The van der Waals surface area contributed by atoms with Gasteiger partial charge in [0.2, 0.25) is 12.2 Å². The molecule has 0 aromatic heterocycles. The van der Waals surface area contributed by atoms with Crippen LogP contribution in [0.3, 0.4) is 0 Å². The largest absolute Gasteiger partial charge is 0.400 e. The molecule has 3 atom stereocenters. The number of hydrogen-bond donors (Lipinski definition) is 0. The second-order valence-electron chi connectivity index (χ2n) is 5.17. The van der Waals surface area contributed by atoms with Crippen molar-refractivity contribution in [3.05, 3.63) is 48.0 Å². The highest BCUT2D eigenvalue weighted by Gasteiger charge is 2.61. The molecule has 0 saturated carbocycles. The second-order valence-corrected chi connectivity index (χ2v) is 5.17. The van der Waals surface area contributed by atoms with E-state index in [4.69, 9.17) is 0 Å². The molecule has 1 unspecified atom stereocenters. The standard InChI is InChI=1S/C16H21O/c1-2-7-14-10-6-11-15-16(17(14)15)12-13-8-4-3-5-9-13/h2-5,7-9,14-16H,6,10-12H2,1H3/q+1/b7-2+/t14?,15-,16-/m1/s1. The second kappa shape index (κ2) is 4.66. The summed E-state index contributed by atoms with van der Waals surface area (Å²) in [5, 5.41) is 0. The summed E-state index contributed by atoms with van der Waals surface area (Å²) in [6.45, 7) is 2.12. The van der Waals surface area contributed by atoms with E-state index < -0.39 is 0 Å². The van der Waals surface area contributed by atoms with Crippen molar-refractivity contribution in [2.24, 2.45) is 0 Å². The van der Waals surface area contributed by atoms with E-state index in [0.717, 1.165) is 12.2 Å². The first kappa shape index (κ1) is 11.0. The zero-order valence-corrected chi connectivity index (χ0v) is 10.5. The van der Waals surface area contributed by atoms with Gasteiger partial charge < -0.3 is 4.37 Å². The third kappa shape index (κ3) is 2.16. The van der Waals surface area contributed by atoms with Crippen molar-refractivity contribution in [2.75, 3.05) is 0 Å². The molecule has 3 rings (SSSR count). The van der Waals surface area contributed by atoms with E-state index in [2.05, 4.69) is 53.8 Å². The van der Waals surface area contributed by atoms with Gasteiger partial charge in [-0.25, -0.2) is 0 Å². The normalized spacial score (nSPS) is 32.6. The fraction of sp³-hybridized carbons (Fsp3) is 0.500. The van der Waals surface area contributed by atoms with Gasteiger partial charge in [0.05, 0.1) is 6.42 Å². The number of benzene rings is 1. The molecule has 0 radical (unpaired) electrons. The van der Waals surface area contributed by atoms with Gasteiger partial charge in [-0.3, -0.25) is 0 Å². The molecule has 1 nitrogen and oxygen atoms in total. The van der Waals surface area contributed by atoms with Crippen LogP contribution in [0.2, 0.25) is 0 Å². The van der Waals surface area contributed by atoms with Crippen molar-refractivity contribution in [2.45, 2.75) is 50.9 Å². The van der Waals surface area contributed by atoms with Crippen LogP contribution in [0.25, 0.3) is 0 Å². The van der Waals surface area contributed by atoms with Crippen LogP contribution >= 0.6 is 0 Å². The van der Waals surface area contributed by atoms with Crippen LogP contribution in [0.4, 0.5) is 0 Å². The van der Waals surface area contributed by atoms with Crippen LogP contribution < -0.4 is 0 Å². The first-order valence-electron chi connectivity index (χ1n) is 6.77. The van der Waals surface area contributed by atoms with Crippen LogP contribution in [0.15, 0.2) is 42.5 Å². The highest BCUT2D eigenvalue weighted by Crippen LogP contribution is 2.47. The van der Waals surface area contributed by atoms with Crippen LogP contribution in [0.5, 0.6) is 0 Å². The van der Waals surface area contributed by atoms with Gasteiger partial charge in [0.1, 0.15) is 0 Å². The Morgan fingerprint density at radius 3 is 2.82 bits per heavy atom. The zero-order chi connectivity index (χ0) is 11.7. The molecule has 2 aliphatic rings. The average Bonchev–Trinajstić information content (AvgIpc) is 3.06. The zero-order valence-electron chi connectivity index (χ0n) is 10.5. The lowest BCUT2D eigenvalue weighted by Gasteiger charge is -2.15. The van der Waals surface area contributed by atoms with E-state index in [1.165, 1.54) is 31.2 Å². The molecule has 2 fully saturated rings. The Morgan fingerprint density at radius 2 is 2.06 bits per heavy atom. The summed E-state index contributed by atoms with van der Waals surface area (Å²) in [5.41, 5.74) is 1.47. The lowest BCUT2D eigenvalue weighted by molar-refractivity contribution is -0.0452. The quantitative estimate of drug-likeness (QED) is 0.422. The Bertz CT molecular complexity index is 395. The fourth-order valence-corrected chi connectivity index (χ4v) is 3.23. The van der Waals surface area contributed by atoms with E-state index >= 15 is 0 Å². The number of epoxide rings is 1. The summed E-state index contributed by atoms with van der Waals surface area (Å²) in [7, 11) is 0. The predicted molar refractivity (Wildman–Crippen MR) is 71.3 cm³/mol. The van der Waals surface area contributed by atoms with Crippen molar-refractivity contribution >= 4 is 0 Å². The predicted octanol–water partition coefficient (Wildman–Crippen LogP) is 3.66. The summed E-state index contributed by atoms with van der Waals surface area (Å²) in [4.78, 5) is 0. The molecule has 0 bridgehead atoms. The summed E-state index contributed by atoms with van der Waals surface area (Å²) in [5.74, 6) is 0. The van der Waals surface area contributed by atoms with Gasteiger partial charge in [0, 0.05) is 12.8 Å². The third-order valence-corrected chi connectivity index (χ3v) is 4.05. The highest BCUT2D eigenvalue weighted by molar-refractivity contribution is 5.18. The molecule has 0 N–H and O–H groups in total. The summed E-state index contributed by atoms with van der Waals surface area (Å²) < 4.78 is 3.58. The Hall–Kier alpha value is -1.08. The maximum Gasteiger partial charge on any atom is 0.233 e. The lowest BCUT2D eigenvalue weighted by Crippen LogP contribution is -2.16. The average molecular weight is 229 g/mol. The van der Waals surface area contributed by atoms with Gasteiger partial charge in [-0.2, -0.15) is 0 Å². The molecule has 90 valence electrons. The Morgan fingerprint density at radius 1 is 1.24 bits per heavy atom. The number of rotatable bonds is 3. The van der Waals surface area contributed by atoms with Crippen molar-refractivity contribution in [3.8, 4) is 0 Å². The topological polar surface area (TPSA) is 2.70 Å². The maximum absolute atomic E-state index is 3.58. The van der Waals surface area contributed by atoms with Crippen LogP contribution in [-0.2, 0) is 10.8 Å². The van der Waals surface area contributed by atoms with Gasteiger partial charge in [-0.15, -0.1) is 0 Å². The Balaban J connectivity index is 1.67. The molecular weight excluding hydrogens is 208 g/mol. The highest BCUT2D eigenvalue weighted by atomic mass is 16.8. The number of hydrogen-bond acceptors (Lipinski definition) is 0. The Labute approximate surface area is 104 Å². The summed E-state index contributed by atoms with van der Waals surface area (Å²) >= 11 is 0. The molecule has 1 heteroatoms. The molecule has 2 aliphatic heterocycles. The van der Waals surface area contributed by atoms with E-state index in [0.29, 0.717) is 6.10 Å².